The highest BCUT2D eigenvalue weighted by Crippen LogP contribution is 2.35. The summed E-state index contributed by atoms with van der Waals surface area (Å²) in [5.74, 6) is 1.01. The maximum Gasteiger partial charge on any atom is 0.220 e. The molecule has 1 atom stereocenters. The largest absolute Gasteiger partial charge is 0.355 e. The van der Waals surface area contributed by atoms with Crippen molar-refractivity contribution in [3.05, 3.63) is 35.4 Å². The molecule has 2 saturated heterocycles. The number of piperidine rings is 1. The summed E-state index contributed by atoms with van der Waals surface area (Å²) in [6.07, 6.45) is 3.94. The molecule has 1 amide bonds. The Hall–Kier alpha value is -2.09. The van der Waals surface area contributed by atoms with Gasteiger partial charge >= 0.3 is 0 Å². The molecule has 0 radical (unpaired) electrons. The van der Waals surface area contributed by atoms with Gasteiger partial charge in [-0.25, -0.2) is 8.42 Å². The molecule has 1 aromatic carbocycles. The van der Waals surface area contributed by atoms with Crippen LogP contribution in [0, 0.1) is 5.41 Å². The first-order chi connectivity index (χ1) is 12.8. The first-order valence-electron chi connectivity index (χ1n) is 9.26. The van der Waals surface area contributed by atoms with E-state index in [0.717, 1.165) is 49.6 Å². The highest BCUT2D eigenvalue weighted by atomic mass is 32.2. The van der Waals surface area contributed by atoms with Crippen molar-refractivity contribution in [1.29, 1.82) is 0 Å². The van der Waals surface area contributed by atoms with E-state index in [9.17, 15) is 13.2 Å². The Morgan fingerprint density at radius 2 is 2.15 bits per heavy atom. The number of rotatable bonds is 4. The van der Waals surface area contributed by atoms with Crippen LogP contribution in [0.1, 0.15) is 30.4 Å². The summed E-state index contributed by atoms with van der Waals surface area (Å²) in [6, 6.07) is 7.60. The van der Waals surface area contributed by atoms with Crippen molar-refractivity contribution < 1.29 is 13.2 Å². The van der Waals surface area contributed by atoms with Crippen LogP contribution in [0.25, 0.3) is 0 Å². The Morgan fingerprint density at radius 3 is 2.81 bits per heavy atom. The van der Waals surface area contributed by atoms with Gasteiger partial charge in [-0.2, -0.15) is 0 Å². The van der Waals surface area contributed by atoms with E-state index in [0.29, 0.717) is 13.0 Å². The molecular weight excluding hydrogens is 364 g/mol. The molecule has 8 heteroatoms. The van der Waals surface area contributed by atoms with Crippen LogP contribution in [0.15, 0.2) is 29.3 Å². The minimum absolute atomic E-state index is 0.0162. The molecular formula is C19H28N4O3S. The molecule has 1 aromatic rings. The number of sulfone groups is 1. The second-order valence-corrected chi connectivity index (χ2v) is 9.91. The molecule has 3 rings (SSSR count). The first-order valence-corrected chi connectivity index (χ1v) is 11.3. The lowest BCUT2D eigenvalue weighted by atomic mass is 9.79. The second-order valence-electron chi connectivity index (χ2n) is 7.77. The van der Waals surface area contributed by atoms with Gasteiger partial charge in [0, 0.05) is 51.3 Å². The summed E-state index contributed by atoms with van der Waals surface area (Å²) in [5, 5.41) is 6.35. The molecule has 0 aliphatic carbocycles. The molecule has 1 unspecified atom stereocenters. The van der Waals surface area contributed by atoms with Gasteiger partial charge in [-0.15, -0.1) is 0 Å². The van der Waals surface area contributed by atoms with Gasteiger partial charge < -0.3 is 15.5 Å². The average Bonchev–Trinajstić information content (AvgIpc) is 2.94. The van der Waals surface area contributed by atoms with Gasteiger partial charge in [-0.1, -0.05) is 24.3 Å². The maximum atomic E-state index is 11.7. The Labute approximate surface area is 161 Å². The fourth-order valence-corrected chi connectivity index (χ4v) is 4.86. The monoisotopic (exact) mass is 392 g/mol. The summed E-state index contributed by atoms with van der Waals surface area (Å²) in [6.45, 7) is 3.06. The predicted molar refractivity (Wildman–Crippen MR) is 106 cm³/mol. The third kappa shape index (κ3) is 5.22. The van der Waals surface area contributed by atoms with Crippen molar-refractivity contribution >= 4 is 21.7 Å². The van der Waals surface area contributed by atoms with E-state index >= 15 is 0 Å². The quantitative estimate of drug-likeness (QED) is 0.587. The van der Waals surface area contributed by atoms with Crippen molar-refractivity contribution in [3.8, 4) is 0 Å². The molecule has 2 fully saturated rings. The molecule has 2 aliphatic heterocycles. The number of likely N-dealkylation sites (tertiary alicyclic amines) is 1. The van der Waals surface area contributed by atoms with Gasteiger partial charge in [-0.05, 0) is 24.0 Å². The van der Waals surface area contributed by atoms with E-state index < -0.39 is 9.84 Å². The van der Waals surface area contributed by atoms with Crippen LogP contribution < -0.4 is 10.6 Å². The normalized spacial score (nSPS) is 23.6. The number of aliphatic imine (C=N–C) groups is 1. The SMILES string of the molecule is CN=C(NCc1cccc(CS(C)(=O)=O)c1)N1CCCC2(CNC(=O)C2)C1. The van der Waals surface area contributed by atoms with E-state index in [2.05, 4.69) is 20.5 Å². The fourth-order valence-electron chi connectivity index (χ4n) is 4.07. The van der Waals surface area contributed by atoms with E-state index in [1.165, 1.54) is 6.26 Å². The van der Waals surface area contributed by atoms with Crippen LogP contribution in [0.2, 0.25) is 0 Å². The van der Waals surface area contributed by atoms with Crippen molar-refractivity contribution in [2.75, 3.05) is 32.9 Å². The lowest BCUT2D eigenvalue weighted by molar-refractivity contribution is -0.119. The zero-order valence-corrected chi connectivity index (χ0v) is 16.8. The van der Waals surface area contributed by atoms with E-state index in [1.54, 1.807) is 7.05 Å². The van der Waals surface area contributed by atoms with Crippen LogP contribution >= 0.6 is 0 Å². The molecule has 148 valence electrons. The average molecular weight is 393 g/mol. The van der Waals surface area contributed by atoms with Gasteiger partial charge in [-0.3, -0.25) is 9.79 Å². The molecule has 7 nitrogen and oxygen atoms in total. The third-order valence-electron chi connectivity index (χ3n) is 5.24. The number of nitrogens with zero attached hydrogens (tertiary/aromatic N) is 2. The highest BCUT2D eigenvalue weighted by molar-refractivity contribution is 7.89. The highest BCUT2D eigenvalue weighted by Gasteiger charge is 2.42. The minimum Gasteiger partial charge on any atom is -0.355 e. The smallest absolute Gasteiger partial charge is 0.220 e. The van der Waals surface area contributed by atoms with Crippen molar-refractivity contribution in [3.63, 3.8) is 0 Å². The maximum absolute atomic E-state index is 11.7. The van der Waals surface area contributed by atoms with Crippen LogP contribution in [-0.2, 0) is 26.9 Å². The summed E-state index contributed by atoms with van der Waals surface area (Å²) in [5.41, 5.74) is 1.82. The number of benzene rings is 1. The number of carbonyl (C=O) groups is 1. The molecule has 0 aromatic heterocycles. The Morgan fingerprint density at radius 1 is 1.37 bits per heavy atom. The molecule has 0 saturated carbocycles. The van der Waals surface area contributed by atoms with Gasteiger partial charge in [0.25, 0.3) is 0 Å². The van der Waals surface area contributed by atoms with Crippen molar-refractivity contribution in [2.45, 2.75) is 31.6 Å². The summed E-state index contributed by atoms with van der Waals surface area (Å²) in [7, 11) is -1.28. The van der Waals surface area contributed by atoms with Gasteiger partial charge in [0.05, 0.1) is 5.75 Å². The Balaban J connectivity index is 1.63. The molecule has 2 N–H and O–H groups in total. The van der Waals surface area contributed by atoms with Gasteiger partial charge in [0.2, 0.25) is 5.91 Å². The summed E-state index contributed by atoms with van der Waals surface area (Å²) < 4.78 is 23.0. The van der Waals surface area contributed by atoms with Crippen LogP contribution in [-0.4, -0.2) is 58.1 Å². The molecule has 0 bridgehead atoms. The zero-order valence-electron chi connectivity index (χ0n) is 16.0. The van der Waals surface area contributed by atoms with Crippen LogP contribution in [0.5, 0.6) is 0 Å². The first kappa shape index (κ1) is 19.7. The fraction of sp³-hybridized carbons (Fsp3) is 0.579. The van der Waals surface area contributed by atoms with Crippen LogP contribution in [0.3, 0.4) is 0 Å². The summed E-state index contributed by atoms with van der Waals surface area (Å²) in [4.78, 5) is 18.3. The molecule has 27 heavy (non-hydrogen) atoms. The lowest BCUT2D eigenvalue weighted by Crippen LogP contribution is -2.51. The molecule has 1 spiro atoms. The third-order valence-corrected chi connectivity index (χ3v) is 6.10. The second kappa shape index (κ2) is 7.88. The van der Waals surface area contributed by atoms with Crippen LogP contribution in [0.4, 0.5) is 0 Å². The number of hydrogen-bond acceptors (Lipinski definition) is 4. The molecule has 2 aliphatic rings. The molecule has 2 heterocycles. The number of amides is 1. The zero-order chi connectivity index (χ0) is 19.5. The van der Waals surface area contributed by atoms with Crippen molar-refractivity contribution in [1.82, 2.24) is 15.5 Å². The number of hydrogen-bond donors (Lipinski definition) is 2. The van der Waals surface area contributed by atoms with Crippen molar-refractivity contribution in [2.24, 2.45) is 10.4 Å². The lowest BCUT2D eigenvalue weighted by Gasteiger charge is -2.40. The Bertz CT molecular complexity index is 837. The number of carbonyl (C=O) groups excluding carboxylic acids is 1. The van der Waals surface area contributed by atoms with E-state index in [4.69, 9.17) is 0 Å². The topological polar surface area (TPSA) is 90.9 Å². The minimum atomic E-state index is -3.05. The van der Waals surface area contributed by atoms with E-state index in [1.807, 2.05) is 24.3 Å². The van der Waals surface area contributed by atoms with Gasteiger partial charge in [0.1, 0.15) is 0 Å². The number of guanidine groups is 1. The number of nitrogens with one attached hydrogen (secondary N) is 2. The predicted octanol–water partition coefficient (Wildman–Crippen LogP) is 0.909. The Kier molecular flexibility index (Phi) is 5.74. The summed E-state index contributed by atoms with van der Waals surface area (Å²) >= 11 is 0. The van der Waals surface area contributed by atoms with Gasteiger partial charge in [0.15, 0.2) is 15.8 Å². The van der Waals surface area contributed by atoms with E-state index in [-0.39, 0.29) is 17.1 Å². The standard InChI is InChI=1S/C19H28N4O3S/c1-20-18(23-8-4-7-19(14-23)10-17(24)22-13-19)21-11-15-5-3-6-16(9-15)12-27(2,25)26/h3,5-6,9H,4,7-8,10-14H2,1-2H3,(H,20,21)(H,22,24).